The molecule has 0 radical (unpaired) electrons. The highest BCUT2D eigenvalue weighted by Crippen LogP contribution is 2.24. The van der Waals surface area contributed by atoms with Crippen LogP contribution in [0.15, 0.2) is 30.5 Å². The molecule has 1 atom stereocenters. The molecule has 1 aromatic heterocycles. The van der Waals surface area contributed by atoms with Crippen molar-refractivity contribution < 1.29 is 4.92 Å². The van der Waals surface area contributed by atoms with Crippen LogP contribution in [0.4, 0.5) is 5.69 Å². The summed E-state index contributed by atoms with van der Waals surface area (Å²) in [7, 11) is 0. The SMILES string of the molecule is Cc1nc(-c2ccc([N+](=O)[O-])cc2)cn1C(C)Cl. The molecule has 1 heterocycles. The van der Waals surface area contributed by atoms with Crippen LogP contribution in [0.3, 0.4) is 0 Å². The second-order valence-corrected chi connectivity index (χ2v) is 4.59. The van der Waals surface area contributed by atoms with Gasteiger partial charge in [0, 0.05) is 23.9 Å². The molecule has 0 amide bonds. The molecule has 0 aliphatic carbocycles. The van der Waals surface area contributed by atoms with Crippen LogP contribution in [0.5, 0.6) is 0 Å². The maximum absolute atomic E-state index is 10.6. The molecule has 0 bridgehead atoms. The first-order valence-electron chi connectivity index (χ1n) is 5.43. The minimum absolute atomic E-state index is 0.0700. The summed E-state index contributed by atoms with van der Waals surface area (Å²) in [5.74, 6) is 0.811. The third-order valence-corrected chi connectivity index (χ3v) is 2.88. The number of nitrogens with zero attached hydrogens (tertiary/aromatic N) is 3. The number of hydrogen-bond acceptors (Lipinski definition) is 3. The van der Waals surface area contributed by atoms with Gasteiger partial charge in [-0.2, -0.15) is 0 Å². The fourth-order valence-electron chi connectivity index (χ4n) is 1.74. The van der Waals surface area contributed by atoms with Gasteiger partial charge in [0.25, 0.3) is 5.69 Å². The van der Waals surface area contributed by atoms with Gasteiger partial charge in [-0.3, -0.25) is 10.1 Å². The van der Waals surface area contributed by atoms with Gasteiger partial charge >= 0.3 is 0 Å². The summed E-state index contributed by atoms with van der Waals surface area (Å²) in [4.78, 5) is 14.5. The molecule has 1 aromatic carbocycles. The number of nitro groups is 1. The maximum Gasteiger partial charge on any atom is 0.269 e. The lowest BCUT2D eigenvalue weighted by molar-refractivity contribution is -0.384. The molecule has 0 aliphatic heterocycles. The van der Waals surface area contributed by atoms with E-state index in [1.165, 1.54) is 12.1 Å². The smallest absolute Gasteiger partial charge is 0.269 e. The van der Waals surface area contributed by atoms with E-state index in [-0.39, 0.29) is 11.2 Å². The third-order valence-electron chi connectivity index (χ3n) is 2.67. The molecule has 6 heteroatoms. The van der Waals surface area contributed by atoms with Gasteiger partial charge in [-0.25, -0.2) is 4.98 Å². The minimum atomic E-state index is -0.422. The van der Waals surface area contributed by atoms with Crippen LogP contribution in [0.25, 0.3) is 11.3 Å². The monoisotopic (exact) mass is 265 g/mol. The predicted molar refractivity (Wildman–Crippen MR) is 69.6 cm³/mol. The Morgan fingerprint density at radius 2 is 2.00 bits per heavy atom. The summed E-state index contributed by atoms with van der Waals surface area (Å²) >= 11 is 6.01. The van der Waals surface area contributed by atoms with E-state index in [2.05, 4.69) is 4.98 Å². The van der Waals surface area contributed by atoms with Gasteiger partial charge in [-0.15, -0.1) is 0 Å². The first-order valence-corrected chi connectivity index (χ1v) is 5.87. The Balaban J connectivity index is 2.37. The number of hydrogen-bond donors (Lipinski definition) is 0. The fourth-order valence-corrected chi connectivity index (χ4v) is 1.94. The molecule has 94 valence electrons. The van der Waals surface area contributed by atoms with Crippen LogP contribution >= 0.6 is 11.6 Å². The van der Waals surface area contributed by atoms with Crippen LogP contribution in [-0.2, 0) is 0 Å². The summed E-state index contributed by atoms with van der Waals surface area (Å²) in [5, 5.41) is 10.6. The molecule has 0 saturated carbocycles. The first-order chi connectivity index (χ1) is 8.49. The molecule has 18 heavy (non-hydrogen) atoms. The van der Waals surface area contributed by atoms with E-state index in [9.17, 15) is 10.1 Å². The Morgan fingerprint density at radius 1 is 1.39 bits per heavy atom. The summed E-state index contributed by atoms with van der Waals surface area (Å²) in [6, 6.07) is 6.30. The molecule has 1 unspecified atom stereocenters. The lowest BCUT2D eigenvalue weighted by atomic mass is 10.1. The molecule has 0 N–H and O–H groups in total. The number of nitro benzene ring substituents is 1. The molecule has 0 saturated heterocycles. The number of alkyl halides is 1. The van der Waals surface area contributed by atoms with Gasteiger partial charge in [0.15, 0.2) is 0 Å². The Bertz CT molecular complexity index is 576. The van der Waals surface area contributed by atoms with Crippen LogP contribution in [-0.4, -0.2) is 14.5 Å². The topological polar surface area (TPSA) is 61.0 Å². The number of non-ortho nitro benzene ring substituents is 1. The maximum atomic E-state index is 10.6. The van der Waals surface area contributed by atoms with Gasteiger partial charge in [0.1, 0.15) is 11.3 Å². The van der Waals surface area contributed by atoms with E-state index in [1.54, 1.807) is 12.1 Å². The molecular formula is C12H12ClN3O2. The Morgan fingerprint density at radius 3 is 2.44 bits per heavy atom. The quantitative estimate of drug-likeness (QED) is 0.485. The van der Waals surface area contributed by atoms with Crippen molar-refractivity contribution in [2.75, 3.05) is 0 Å². The number of rotatable bonds is 3. The van der Waals surface area contributed by atoms with Crippen molar-refractivity contribution in [3.8, 4) is 11.3 Å². The average Bonchev–Trinajstić information content (AvgIpc) is 2.71. The lowest BCUT2D eigenvalue weighted by Crippen LogP contribution is -1.98. The van der Waals surface area contributed by atoms with Crippen molar-refractivity contribution in [2.24, 2.45) is 0 Å². The molecule has 2 rings (SSSR count). The van der Waals surface area contributed by atoms with Crippen molar-refractivity contribution in [3.05, 3.63) is 46.4 Å². The third kappa shape index (κ3) is 2.36. The number of aryl methyl sites for hydroxylation is 1. The van der Waals surface area contributed by atoms with Crippen LogP contribution < -0.4 is 0 Å². The van der Waals surface area contributed by atoms with Crippen molar-refractivity contribution in [3.63, 3.8) is 0 Å². The standard InChI is InChI=1S/C12H12ClN3O2/c1-8(13)15-7-12(14-9(15)2)10-3-5-11(6-4-10)16(17)18/h3-8H,1-2H3. The normalized spacial score (nSPS) is 12.4. The molecule has 0 aliphatic rings. The highest BCUT2D eigenvalue weighted by atomic mass is 35.5. The Kier molecular flexibility index (Phi) is 3.34. The average molecular weight is 266 g/mol. The molecule has 0 spiro atoms. The van der Waals surface area contributed by atoms with Gasteiger partial charge in [0.2, 0.25) is 0 Å². The van der Waals surface area contributed by atoms with E-state index in [0.29, 0.717) is 0 Å². The van der Waals surface area contributed by atoms with E-state index in [4.69, 9.17) is 11.6 Å². The van der Waals surface area contributed by atoms with E-state index in [1.807, 2.05) is 24.6 Å². The largest absolute Gasteiger partial charge is 0.318 e. The predicted octanol–water partition coefficient (Wildman–Crippen LogP) is 3.52. The summed E-state index contributed by atoms with van der Waals surface area (Å²) in [6.45, 7) is 3.73. The molecule has 5 nitrogen and oxygen atoms in total. The summed E-state index contributed by atoms with van der Waals surface area (Å²) < 4.78 is 1.85. The first kappa shape index (κ1) is 12.6. The molecular weight excluding hydrogens is 254 g/mol. The van der Waals surface area contributed by atoms with Crippen molar-refractivity contribution in [1.29, 1.82) is 0 Å². The number of halogens is 1. The lowest BCUT2D eigenvalue weighted by Gasteiger charge is -2.04. The van der Waals surface area contributed by atoms with Crippen LogP contribution in [0.2, 0.25) is 0 Å². The molecule has 2 aromatic rings. The van der Waals surface area contributed by atoms with Gasteiger partial charge < -0.3 is 4.57 Å². The zero-order valence-corrected chi connectivity index (χ0v) is 10.8. The van der Waals surface area contributed by atoms with Gasteiger partial charge in [0.05, 0.1) is 10.6 Å². The minimum Gasteiger partial charge on any atom is -0.318 e. The molecule has 0 fully saturated rings. The van der Waals surface area contributed by atoms with Gasteiger partial charge in [-0.05, 0) is 26.0 Å². The van der Waals surface area contributed by atoms with E-state index < -0.39 is 4.92 Å². The van der Waals surface area contributed by atoms with Gasteiger partial charge in [-0.1, -0.05) is 11.6 Å². The van der Waals surface area contributed by atoms with Crippen molar-refractivity contribution in [1.82, 2.24) is 9.55 Å². The number of benzene rings is 1. The number of aromatic nitrogens is 2. The van der Waals surface area contributed by atoms with E-state index >= 15 is 0 Å². The second kappa shape index (κ2) is 4.78. The van der Waals surface area contributed by atoms with Crippen LogP contribution in [0.1, 0.15) is 18.2 Å². The zero-order chi connectivity index (χ0) is 13.3. The fraction of sp³-hybridized carbons (Fsp3) is 0.250. The second-order valence-electron chi connectivity index (χ2n) is 3.96. The van der Waals surface area contributed by atoms with Crippen molar-refractivity contribution in [2.45, 2.75) is 19.3 Å². The number of imidazole rings is 1. The van der Waals surface area contributed by atoms with Crippen LogP contribution in [0, 0.1) is 17.0 Å². The van der Waals surface area contributed by atoms with E-state index in [0.717, 1.165) is 17.1 Å². The Hall–Kier alpha value is -1.88. The highest BCUT2D eigenvalue weighted by molar-refractivity contribution is 6.18. The zero-order valence-electron chi connectivity index (χ0n) is 10.0. The van der Waals surface area contributed by atoms with Crippen molar-refractivity contribution >= 4 is 17.3 Å². The highest BCUT2D eigenvalue weighted by Gasteiger charge is 2.11. The summed E-state index contributed by atoms with van der Waals surface area (Å²) in [5.41, 5.74) is 1.49. The summed E-state index contributed by atoms with van der Waals surface area (Å²) in [6.07, 6.45) is 1.84. The Labute approximate surface area is 109 Å².